The first-order valence-corrected chi connectivity index (χ1v) is 6.41. The normalized spacial score (nSPS) is 17.3. The van der Waals surface area contributed by atoms with E-state index in [0.717, 1.165) is 24.1 Å². The molecule has 1 aromatic heterocycles. The molecule has 3 rings (SSSR count). The molecule has 0 fully saturated rings. The Morgan fingerprint density at radius 1 is 1.32 bits per heavy atom. The van der Waals surface area contributed by atoms with Crippen LogP contribution in [0.3, 0.4) is 0 Å². The Hall–Kier alpha value is -2.03. The Morgan fingerprint density at radius 3 is 3.00 bits per heavy atom. The monoisotopic (exact) mass is 255 g/mol. The maximum atomic E-state index is 14.0. The zero-order valence-corrected chi connectivity index (χ0v) is 10.7. The third kappa shape index (κ3) is 1.95. The van der Waals surface area contributed by atoms with Crippen LogP contribution in [-0.4, -0.2) is 10.8 Å². The van der Waals surface area contributed by atoms with Crippen LogP contribution in [0.15, 0.2) is 36.5 Å². The van der Waals surface area contributed by atoms with Crippen LogP contribution in [0.5, 0.6) is 0 Å². The number of benzene rings is 1. The summed E-state index contributed by atoms with van der Waals surface area (Å²) in [5.41, 5.74) is 2.61. The molecule has 2 aromatic rings. The summed E-state index contributed by atoms with van der Waals surface area (Å²) in [4.78, 5) is 16.8. The average Bonchev–Trinajstić information content (AvgIpc) is 2.85. The molecule has 1 aromatic carbocycles. The van der Waals surface area contributed by atoms with E-state index in [9.17, 15) is 9.18 Å². The maximum Gasteiger partial charge on any atom is 0.174 e. The fourth-order valence-corrected chi connectivity index (χ4v) is 2.69. The van der Waals surface area contributed by atoms with Gasteiger partial charge in [-0.1, -0.05) is 18.2 Å². The Labute approximate surface area is 111 Å². The second-order valence-electron chi connectivity index (χ2n) is 4.94. The minimum absolute atomic E-state index is 0.154. The molecule has 1 heterocycles. The van der Waals surface area contributed by atoms with E-state index in [0.29, 0.717) is 5.56 Å². The van der Waals surface area contributed by atoms with E-state index in [1.165, 1.54) is 0 Å². The SMILES string of the molecule is Cc1cccc(C(=O)C2CCc3cccnc32)c1F. The summed E-state index contributed by atoms with van der Waals surface area (Å²) in [6.45, 7) is 1.67. The number of hydrogen-bond acceptors (Lipinski definition) is 2. The maximum absolute atomic E-state index is 14.0. The molecule has 96 valence electrons. The van der Waals surface area contributed by atoms with Crippen LogP contribution in [0.1, 0.15) is 39.5 Å². The first kappa shape index (κ1) is 12.0. The third-order valence-electron chi connectivity index (χ3n) is 3.73. The van der Waals surface area contributed by atoms with Crippen molar-refractivity contribution in [2.24, 2.45) is 0 Å². The zero-order chi connectivity index (χ0) is 13.4. The number of ketones is 1. The highest BCUT2D eigenvalue weighted by Gasteiger charge is 2.31. The smallest absolute Gasteiger partial charge is 0.174 e. The summed E-state index contributed by atoms with van der Waals surface area (Å²) in [6, 6.07) is 8.82. The van der Waals surface area contributed by atoms with Gasteiger partial charge in [0.05, 0.1) is 17.2 Å². The van der Waals surface area contributed by atoms with E-state index in [4.69, 9.17) is 0 Å². The summed E-state index contributed by atoms with van der Waals surface area (Å²) in [6.07, 6.45) is 3.25. The molecule has 0 N–H and O–H groups in total. The molecule has 1 aliphatic rings. The van der Waals surface area contributed by atoms with Gasteiger partial charge < -0.3 is 0 Å². The van der Waals surface area contributed by atoms with Crippen molar-refractivity contribution in [1.29, 1.82) is 0 Å². The number of rotatable bonds is 2. The van der Waals surface area contributed by atoms with Gasteiger partial charge in [0, 0.05) is 6.20 Å². The fourth-order valence-electron chi connectivity index (χ4n) is 2.69. The highest BCUT2D eigenvalue weighted by Crippen LogP contribution is 2.34. The molecule has 0 bridgehead atoms. The van der Waals surface area contributed by atoms with Crippen LogP contribution in [0, 0.1) is 12.7 Å². The molecule has 3 heteroatoms. The largest absolute Gasteiger partial charge is 0.293 e. The molecule has 1 aliphatic carbocycles. The predicted molar refractivity (Wildman–Crippen MR) is 70.8 cm³/mol. The van der Waals surface area contributed by atoms with Crippen molar-refractivity contribution in [2.45, 2.75) is 25.7 Å². The number of nitrogens with zero attached hydrogens (tertiary/aromatic N) is 1. The van der Waals surface area contributed by atoms with Gasteiger partial charge in [-0.25, -0.2) is 4.39 Å². The van der Waals surface area contributed by atoms with Crippen LogP contribution < -0.4 is 0 Å². The molecular formula is C16H14FNO. The Kier molecular flexibility index (Phi) is 2.90. The van der Waals surface area contributed by atoms with Crippen molar-refractivity contribution >= 4 is 5.78 Å². The Balaban J connectivity index is 2.00. The summed E-state index contributed by atoms with van der Waals surface area (Å²) < 4.78 is 14.0. The van der Waals surface area contributed by atoms with Crippen molar-refractivity contribution in [2.75, 3.05) is 0 Å². The topological polar surface area (TPSA) is 30.0 Å². The van der Waals surface area contributed by atoms with E-state index in [1.807, 2.05) is 12.1 Å². The number of carbonyl (C=O) groups excluding carboxylic acids is 1. The van der Waals surface area contributed by atoms with Crippen molar-refractivity contribution in [1.82, 2.24) is 4.98 Å². The lowest BCUT2D eigenvalue weighted by Crippen LogP contribution is -2.13. The molecule has 1 unspecified atom stereocenters. The lowest BCUT2D eigenvalue weighted by atomic mass is 9.94. The van der Waals surface area contributed by atoms with Crippen LogP contribution in [0.2, 0.25) is 0 Å². The van der Waals surface area contributed by atoms with E-state index < -0.39 is 5.82 Å². The number of aromatic nitrogens is 1. The second kappa shape index (κ2) is 4.57. The lowest BCUT2D eigenvalue weighted by molar-refractivity contribution is 0.0954. The number of aryl methyl sites for hydroxylation is 2. The molecule has 0 amide bonds. The van der Waals surface area contributed by atoms with E-state index in [-0.39, 0.29) is 17.3 Å². The Bertz CT molecular complexity index is 651. The van der Waals surface area contributed by atoms with Crippen molar-refractivity contribution < 1.29 is 9.18 Å². The van der Waals surface area contributed by atoms with E-state index >= 15 is 0 Å². The number of Topliss-reactive ketones (excluding diaryl/α,β-unsaturated/α-hetero) is 1. The average molecular weight is 255 g/mol. The van der Waals surface area contributed by atoms with Gasteiger partial charge in [-0.05, 0) is 43.0 Å². The number of carbonyl (C=O) groups is 1. The van der Waals surface area contributed by atoms with Gasteiger partial charge in [-0.2, -0.15) is 0 Å². The molecular weight excluding hydrogens is 241 g/mol. The van der Waals surface area contributed by atoms with E-state index in [1.54, 1.807) is 31.3 Å². The number of halogens is 1. The van der Waals surface area contributed by atoms with Gasteiger partial charge >= 0.3 is 0 Å². The van der Waals surface area contributed by atoms with Gasteiger partial charge in [-0.3, -0.25) is 9.78 Å². The predicted octanol–water partition coefficient (Wildman–Crippen LogP) is 3.44. The van der Waals surface area contributed by atoms with E-state index in [2.05, 4.69) is 4.98 Å². The molecule has 19 heavy (non-hydrogen) atoms. The highest BCUT2D eigenvalue weighted by atomic mass is 19.1. The van der Waals surface area contributed by atoms with Crippen molar-refractivity contribution in [3.8, 4) is 0 Å². The summed E-state index contributed by atoms with van der Waals surface area (Å²) in [5, 5.41) is 0. The van der Waals surface area contributed by atoms with Gasteiger partial charge in [0.25, 0.3) is 0 Å². The van der Waals surface area contributed by atoms with Gasteiger partial charge in [0.2, 0.25) is 0 Å². The molecule has 0 spiro atoms. The van der Waals surface area contributed by atoms with Crippen LogP contribution >= 0.6 is 0 Å². The fraction of sp³-hybridized carbons (Fsp3) is 0.250. The van der Waals surface area contributed by atoms with Gasteiger partial charge in [0.1, 0.15) is 5.82 Å². The summed E-state index contributed by atoms with van der Waals surface area (Å²) in [5.74, 6) is -0.858. The summed E-state index contributed by atoms with van der Waals surface area (Å²) in [7, 11) is 0. The highest BCUT2D eigenvalue weighted by molar-refractivity contribution is 6.01. The van der Waals surface area contributed by atoms with Gasteiger partial charge in [0.15, 0.2) is 5.78 Å². The minimum Gasteiger partial charge on any atom is -0.293 e. The zero-order valence-electron chi connectivity index (χ0n) is 10.7. The molecule has 1 atom stereocenters. The van der Waals surface area contributed by atoms with Crippen LogP contribution in [-0.2, 0) is 6.42 Å². The number of hydrogen-bond donors (Lipinski definition) is 0. The number of pyridine rings is 1. The summed E-state index contributed by atoms with van der Waals surface area (Å²) >= 11 is 0. The molecule has 0 radical (unpaired) electrons. The van der Waals surface area contributed by atoms with Crippen LogP contribution in [0.4, 0.5) is 4.39 Å². The quantitative estimate of drug-likeness (QED) is 0.769. The molecule has 0 saturated heterocycles. The first-order chi connectivity index (χ1) is 9.18. The third-order valence-corrected chi connectivity index (χ3v) is 3.73. The second-order valence-corrected chi connectivity index (χ2v) is 4.94. The van der Waals surface area contributed by atoms with Crippen molar-refractivity contribution in [3.05, 3.63) is 64.7 Å². The first-order valence-electron chi connectivity index (χ1n) is 6.41. The minimum atomic E-state index is -0.406. The lowest BCUT2D eigenvalue weighted by Gasteiger charge is -2.11. The van der Waals surface area contributed by atoms with Gasteiger partial charge in [-0.15, -0.1) is 0 Å². The molecule has 0 aliphatic heterocycles. The van der Waals surface area contributed by atoms with Crippen LogP contribution in [0.25, 0.3) is 0 Å². The van der Waals surface area contributed by atoms with Crippen molar-refractivity contribution in [3.63, 3.8) is 0 Å². The molecule has 0 saturated carbocycles. The Morgan fingerprint density at radius 2 is 2.16 bits per heavy atom. The number of fused-ring (bicyclic) bond motifs is 1. The molecule has 2 nitrogen and oxygen atoms in total. The standard InChI is InChI=1S/C16H14FNO/c1-10-4-2-6-12(14(10)17)16(19)13-8-7-11-5-3-9-18-15(11)13/h2-6,9,13H,7-8H2,1H3.